The minimum absolute atomic E-state index is 0. The molecule has 128 valence electrons. The highest BCUT2D eigenvalue weighted by Crippen LogP contribution is 2.07. The highest BCUT2D eigenvalue weighted by molar-refractivity contribution is 14.0. The zero-order valence-electron chi connectivity index (χ0n) is 14.1. The molecule has 0 atom stereocenters. The molecule has 2 heterocycles. The summed E-state index contributed by atoms with van der Waals surface area (Å²) < 4.78 is 7.07. The van der Waals surface area contributed by atoms with Gasteiger partial charge in [-0.15, -0.1) is 24.0 Å². The van der Waals surface area contributed by atoms with Gasteiger partial charge in [0.25, 0.3) is 0 Å². The van der Waals surface area contributed by atoms with Crippen LogP contribution in [0.5, 0.6) is 0 Å². The van der Waals surface area contributed by atoms with E-state index in [1.807, 2.05) is 32.6 Å². The van der Waals surface area contributed by atoms with Crippen LogP contribution in [0.4, 0.5) is 0 Å². The lowest BCUT2D eigenvalue weighted by molar-refractivity contribution is 0.378. The molecule has 2 aromatic rings. The summed E-state index contributed by atoms with van der Waals surface area (Å²) in [6, 6.07) is 1.95. The zero-order valence-corrected chi connectivity index (χ0v) is 16.4. The number of aliphatic imine (C=N–C) groups is 1. The van der Waals surface area contributed by atoms with E-state index < -0.39 is 0 Å². The summed E-state index contributed by atoms with van der Waals surface area (Å²) in [7, 11) is 3.92. The Morgan fingerprint density at radius 3 is 2.78 bits per heavy atom. The van der Waals surface area contributed by atoms with Gasteiger partial charge in [-0.05, 0) is 13.3 Å². The molecule has 8 heteroatoms. The summed E-state index contributed by atoms with van der Waals surface area (Å²) in [5.74, 6) is 1.61. The Morgan fingerprint density at radius 2 is 2.22 bits per heavy atom. The monoisotopic (exact) mass is 432 g/mol. The van der Waals surface area contributed by atoms with E-state index in [0.717, 1.165) is 42.5 Å². The third-order valence-corrected chi connectivity index (χ3v) is 3.23. The molecule has 0 unspecified atom stereocenters. The van der Waals surface area contributed by atoms with E-state index in [0.29, 0.717) is 6.54 Å². The molecule has 0 saturated heterocycles. The lowest BCUT2D eigenvalue weighted by atomic mass is 10.3. The molecule has 0 saturated carbocycles. The predicted octanol–water partition coefficient (Wildman–Crippen LogP) is 2.19. The lowest BCUT2D eigenvalue weighted by Crippen LogP contribution is -2.38. The van der Waals surface area contributed by atoms with Crippen molar-refractivity contribution in [2.24, 2.45) is 12.0 Å². The Hall–Kier alpha value is -1.58. The second-order valence-corrected chi connectivity index (χ2v) is 5.19. The largest absolute Gasteiger partial charge is 0.359 e. The zero-order chi connectivity index (χ0) is 15.9. The van der Waals surface area contributed by atoms with Crippen LogP contribution < -0.4 is 5.32 Å². The number of aryl methyl sites for hydroxylation is 2. The first-order valence-corrected chi connectivity index (χ1v) is 7.53. The quantitative estimate of drug-likeness (QED) is 0.431. The molecule has 7 nitrogen and oxygen atoms in total. The van der Waals surface area contributed by atoms with Gasteiger partial charge in [0.1, 0.15) is 6.54 Å². The summed E-state index contributed by atoms with van der Waals surface area (Å²) in [6.07, 6.45) is 4.74. The van der Waals surface area contributed by atoms with Crippen molar-refractivity contribution in [3.05, 3.63) is 35.5 Å². The third-order valence-electron chi connectivity index (χ3n) is 3.23. The molecule has 0 aliphatic heterocycles. The summed E-state index contributed by atoms with van der Waals surface area (Å²) in [5.41, 5.74) is 2.10. The van der Waals surface area contributed by atoms with Crippen LogP contribution >= 0.6 is 24.0 Å². The van der Waals surface area contributed by atoms with Crippen LogP contribution in [0.15, 0.2) is 28.0 Å². The van der Waals surface area contributed by atoms with E-state index in [4.69, 9.17) is 4.52 Å². The summed E-state index contributed by atoms with van der Waals surface area (Å²) in [4.78, 5) is 6.67. The van der Waals surface area contributed by atoms with Crippen molar-refractivity contribution in [1.82, 2.24) is 25.2 Å². The van der Waals surface area contributed by atoms with E-state index in [2.05, 4.69) is 39.3 Å². The fourth-order valence-corrected chi connectivity index (χ4v) is 2.12. The van der Waals surface area contributed by atoms with Crippen LogP contribution in [0.1, 0.15) is 30.9 Å². The molecule has 0 bridgehead atoms. The van der Waals surface area contributed by atoms with Crippen LogP contribution in [0, 0.1) is 0 Å². The van der Waals surface area contributed by atoms with Crippen molar-refractivity contribution >= 4 is 29.9 Å². The average molecular weight is 432 g/mol. The number of aromatic nitrogens is 3. The van der Waals surface area contributed by atoms with Crippen molar-refractivity contribution in [2.75, 3.05) is 13.6 Å². The number of hydrogen-bond acceptors (Lipinski definition) is 4. The van der Waals surface area contributed by atoms with Gasteiger partial charge in [0.2, 0.25) is 0 Å². The van der Waals surface area contributed by atoms with E-state index in [1.165, 1.54) is 0 Å². The first kappa shape index (κ1) is 19.5. The van der Waals surface area contributed by atoms with Gasteiger partial charge in [-0.3, -0.25) is 4.68 Å². The number of hydrogen-bond donors (Lipinski definition) is 1. The maximum absolute atomic E-state index is 5.27. The molecule has 2 rings (SSSR count). The fourth-order valence-electron chi connectivity index (χ4n) is 2.12. The summed E-state index contributed by atoms with van der Waals surface area (Å²) in [5, 5.41) is 11.5. The van der Waals surface area contributed by atoms with Gasteiger partial charge in [0.05, 0.1) is 11.9 Å². The average Bonchev–Trinajstić information content (AvgIpc) is 3.12. The molecule has 0 spiro atoms. The van der Waals surface area contributed by atoms with Crippen LogP contribution in [-0.2, 0) is 26.6 Å². The molecule has 0 aliphatic carbocycles. The van der Waals surface area contributed by atoms with Gasteiger partial charge in [-0.2, -0.15) is 5.10 Å². The molecular weight excluding hydrogens is 407 g/mol. The van der Waals surface area contributed by atoms with Crippen molar-refractivity contribution in [2.45, 2.75) is 33.4 Å². The van der Waals surface area contributed by atoms with Crippen LogP contribution in [0.25, 0.3) is 0 Å². The van der Waals surface area contributed by atoms with Gasteiger partial charge in [-0.1, -0.05) is 12.1 Å². The van der Waals surface area contributed by atoms with Gasteiger partial charge in [-0.25, -0.2) is 4.99 Å². The summed E-state index contributed by atoms with van der Waals surface area (Å²) >= 11 is 0. The Balaban J connectivity index is 0.00000264. The van der Waals surface area contributed by atoms with Crippen LogP contribution in [-0.4, -0.2) is 39.4 Å². The van der Waals surface area contributed by atoms with Gasteiger partial charge >= 0.3 is 0 Å². The first-order valence-electron chi connectivity index (χ1n) is 7.53. The van der Waals surface area contributed by atoms with Gasteiger partial charge < -0.3 is 14.7 Å². The van der Waals surface area contributed by atoms with Crippen LogP contribution in [0.2, 0.25) is 0 Å². The van der Waals surface area contributed by atoms with Gasteiger partial charge in [0.15, 0.2) is 11.7 Å². The molecule has 0 radical (unpaired) electrons. The second kappa shape index (κ2) is 9.53. The number of guanidine groups is 1. The van der Waals surface area contributed by atoms with Crippen molar-refractivity contribution < 1.29 is 4.52 Å². The highest BCUT2D eigenvalue weighted by atomic mass is 127. The summed E-state index contributed by atoms with van der Waals surface area (Å²) in [6.45, 7) is 6.14. The Bertz CT molecular complexity index is 621. The topological polar surface area (TPSA) is 71.5 Å². The van der Waals surface area contributed by atoms with Crippen molar-refractivity contribution in [1.29, 1.82) is 0 Å². The molecule has 0 amide bonds. The van der Waals surface area contributed by atoms with Crippen molar-refractivity contribution in [3.8, 4) is 0 Å². The van der Waals surface area contributed by atoms with E-state index in [-0.39, 0.29) is 24.0 Å². The lowest BCUT2D eigenvalue weighted by Gasteiger charge is -2.21. The van der Waals surface area contributed by atoms with Crippen LogP contribution in [0.3, 0.4) is 0 Å². The predicted molar refractivity (Wildman–Crippen MR) is 101 cm³/mol. The maximum Gasteiger partial charge on any atom is 0.194 e. The Kier molecular flexibility index (Phi) is 8.07. The SMILES string of the molecule is CCNC(=NCc1cc(CC)no1)N(C)Cc1cnn(C)c1.I. The molecule has 23 heavy (non-hydrogen) atoms. The van der Waals surface area contributed by atoms with E-state index in [1.54, 1.807) is 4.68 Å². The van der Waals surface area contributed by atoms with E-state index >= 15 is 0 Å². The number of rotatable bonds is 6. The Labute approximate surface area is 154 Å². The van der Waals surface area contributed by atoms with E-state index in [9.17, 15) is 0 Å². The molecule has 2 aromatic heterocycles. The molecule has 0 aromatic carbocycles. The standard InChI is InChI=1S/C15H24N6O.HI/c1-5-13-7-14(22-19-13)9-17-15(16-6-2)20(3)10-12-8-18-21(4)11-12;/h7-8,11H,5-6,9-10H2,1-4H3,(H,16,17);1H. The molecule has 0 fully saturated rings. The molecule has 1 N–H and O–H groups in total. The second-order valence-electron chi connectivity index (χ2n) is 5.19. The molecule has 0 aliphatic rings. The Morgan fingerprint density at radius 1 is 1.43 bits per heavy atom. The normalized spacial score (nSPS) is 11.2. The number of halogens is 1. The fraction of sp³-hybridized carbons (Fsp3) is 0.533. The van der Waals surface area contributed by atoms with Crippen molar-refractivity contribution in [3.63, 3.8) is 0 Å². The first-order chi connectivity index (χ1) is 10.6. The smallest absolute Gasteiger partial charge is 0.194 e. The third kappa shape index (κ3) is 5.85. The molecular formula is C15H25IN6O. The number of nitrogens with one attached hydrogen (secondary N) is 1. The van der Waals surface area contributed by atoms with Gasteiger partial charge in [0, 0.05) is 45.0 Å². The minimum atomic E-state index is 0. The maximum atomic E-state index is 5.27. The number of nitrogens with zero attached hydrogens (tertiary/aromatic N) is 5. The highest BCUT2D eigenvalue weighted by Gasteiger charge is 2.09. The minimum Gasteiger partial charge on any atom is -0.359 e.